The number of ether oxygens (including phenoxy) is 1. The van der Waals surface area contributed by atoms with Crippen molar-refractivity contribution in [2.45, 2.75) is 57.1 Å². The predicted octanol–water partition coefficient (Wildman–Crippen LogP) is 3.43. The monoisotopic (exact) mass is 371 g/mol. The van der Waals surface area contributed by atoms with Crippen LogP contribution in [0.25, 0.3) is 0 Å². The average Bonchev–Trinajstić information content (AvgIpc) is 2.72. The number of hydrogen-bond acceptors (Lipinski definition) is 4. The van der Waals surface area contributed by atoms with Gasteiger partial charge in [-0.25, -0.2) is 0 Å². The number of piperazine rings is 1. The third kappa shape index (κ3) is 4.89. The molecule has 1 unspecified atom stereocenters. The lowest BCUT2D eigenvalue weighted by Crippen LogP contribution is -2.50. The number of nitrogens with zero attached hydrogens (tertiary/aromatic N) is 2. The zero-order chi connectivity index (χ0) is 18.5. The average molecular weight is 372 g/mol. The smallest absolute Gasteiger partial charge is 0.227 e. The summed E-state index contributed by atoms with van der Waals surface area (Å²) in [6.07, 6.45) is 8.45. The van der Waals surface area contributed by atoms with Crippen LogP contribution in [0.4, 0.5) is 5.69 Å². The Kier molecular flexibility index (Phi) is 6.43. The van der Waals surface area contributed by atoms with Crippen molar-refractivity contribution in [1.29, 1.82) is 0 Å². The molecule has 4 rings (SSSR count). The molecule has 2 aliphatic heterocycles. The Morgan fingerprint density at radius 1 is 1.04 bits per heavy atom. The molecule has 148 valence electrons. The molecule has 3 aliphatic rings. The topological polar surface area (TPSA) is 44.8 Å². The zero-order valence-corrected chi connectivity index (χ0v) is 16.4. The van der Waals surface area contributed by atoms with Crippen molar-refractivity contribution in [2.24, 2.45) is 0 Å². The van der Waals surface area contributed by atoms with Gasteiger partial charge in [0, 0.05) is 56.6 Å². The Morgan fingerprint density at radius 3 is 2.63 bits per heavy atom. The molecule has 1 saturated heterocycles. The normalized spacial score (nSPS) is 25.2. The van der Waals surface area contributed by atoms with E-state index in [2.05, 4.69) is 21.2 Å². The first kappa shape index (κ1) is 18.9. The molecule has 27 heavy (non-hydrogen) atoms. The molecule has 1 aliphatic carbocycles. The van der Waals surface area contributed by atoms with E-state index < -0.39 is 0 Å². The van der Waals surface area contributed by atoms with Crippen molar-refractivity contribution in [3.05, 3.63) is 29.8 Å². The summed E-state index contributed by atoms with van der Waals surface area (Å²) in [6.45, 7) is 6.63. The highest BCUT2D eigenvalue weighted by Gasteiger charge is 2.26. The Labute approximate surface area is 163 Å². The molecular weight excluding hydrogens is 338 g/mol. The maximum Gasteiger partial charge on any atom is 0.227 e. The molecule has 2 fully saturated rings. The quantitative estimate of drug-likeness (QED) is 0.778. The van der Waals surface area contributed by atoms with Crippen LogP contribution >= 0.6 is 0 Å². The Balaban J connectivity index is 1.17. The van der Waals surface area contributed by atoms with Crippen LogP contribution in [0, 0.1) is 0 Å². The lowest BCUT2D eigenvalue weighted by atomic mass is 9.94. The molecule has 0 radical (unpaired) electrons. The summed E-state index contributed by atoms with van der Waals surface area (Å²) >= 11 is 0. The van der Waals surface area contributed by atoms with Crippen LogP contribution in [0.1, 0.15) is 56.6 Å². The van der Waals surface area contributed by atoms with Gasteiger partial charge in [-0.3, -0.25) is 9.69 Å². The van der Waals surface area contributed by atoms with Crippen molar-refractivity contribution in [3.63, 3.8) is 0 Å². The SMILES string of the molecule is O=C1CC(OCCCN2CCN(C3CCCCC3)CC2)c2ccccc2N1. The van der Waals surface area contributed by atoms with Crippen molar-refractivity contribution >= 4 is 11.6 Å². The highest BCUT2D eigenvalue weighted by Crippen LogP contribution is 2.32. The van der Waals surface area contributed by atoms with E-state index >= 15 is 0 Å². The van der Waals surface area contributed by atoms with Crippen molar-refractivity contribution in [2.75, 3.05) is 44.6 Å². The minimum atomic E-state index is -0.0990. The molecule has 1 N–H and O–H groups in total. The van der Waals surface area contributed by atoms with Gasteiger partial charge in [0.1, 0.15) is 0 Å². The molecule has 1 saturated carbocycles. The minimum absolute atomic E-state index is 0.0533. The number of para-hydroxylation sites is 1. The summed E-state index contributed by atoms with van der Waals surface area (Å²) in [5.41, 5.74) is 2.01. The molecule has 1 amide bonds. The molecule has 0 spiro atoms. The molecule has 1 aromatic rings. The van der Waals surface area contributed by atoms with E-state index in [-0.39, 0.29) is 12.0 Å². The number of rotatable bonds is 6. The number of benzene rings is 1. The number of carbonyl (C=O) groups is 1. The van der Waals surface area contributed by atoms with Gasteiger partial charge in [0.25, 0.3) is 0 Å². The highest BCUT2D eigenvalue weighted by atomic mass is 16.5. The number of nitrogens with one attached hydrogen (secondary N) is 1. The molecule has 0 aromatic heterocycles. The van der Waals surface area contributed by atoms with Gasteiger partial charge in [0.15, 0.2) is 0 Å². The van der Waals surface area contributed by atoms with Gasteiger partial charge in [-0.05, 0) is 25.3 Å². The fraction of sp³-hybridized carbons (Fsp3) is 0.682. The number of amides is 1. The van der Waals surface area contributed by atoms with Crippen LogP contribution in [0.2, 0.25) is 0 Å². The van der Waals surface area contributed by atoms with Gasteiger partial charge in [0.2, 0.25) is 5.91 Å². The Hall–Kier alpha value is -1.43. The van der Waals surface area contributed by atoms with Crippen LogP contribution < -0.4 is 5.32 Å². The molecule has 1 aromatic carbocycles. The van der Waals surface area contributed by atoms with Gasteiger partial charge < -0.3 is 15.0 Å². The highest BCUT2D eigenvalue weighted by molar-refractivity contribution is 5.94. The number of anilines is 1. The first-order chi connectivity index (χ1) is 13.3. The third-order valence-electron chi connectivity index (χ3n) is 6.39. The number of carbonyl (C=O) groups excluding carboxylic acids is 1. The fourth-order valence-corrected chi connectivity index (χ4v) is 4.83. The van der Waals surface area contributed by atoms with Crippen molar-refractivity contribution < 1.29 is 9.53 Å². The lowest BCUT2D eigenvalue weighted by Gasteiger charge is -2.40. The van der Waals surface area contributed by atoms with Crippen molar-refractivity contribution in [3.8, 4) is 0 Å². The summed E-state index contributed by atoms with van der Waals surface area (Å²) in [4.78, 5) is 17.2. The fourth-order valence-electron chi connectivity index (χ4n) is 4.83. The maximum absolute atomic E-state index is 11.9. The largest absolute Gasteiger partial charge is 0.373 e. The molecule has 2 heterocycles. The van der Waals surface area contributed by atoms with Crippen LogP contribution in [-0.2, 0) is 9.53 Å². The number of fused-ring (bicyclic) bond motifs is 1. The van der Waals surface area contributed by atoms with Crippen LogP contribution in [0.3, 0.4) is 0 Å². The third-order valence-corrected chi connectivity index (χ3v) is 6.39. The van der Waals surface area contributed by atoms with E-state index in [0.717, 1.165) is 36.9 Å². The summed E-state index contributed by atoms with van der Waals surface area (Å²) in [5.74, 6) is 0.0533. The van der Waals surface area contributed by atoms with E-state index in [0.29, 0.717) is 6.42 Å². The Morgan fingerprint density at radius 2 is 1.81 bits per heavy atom. The number of hydrogen-bond donors (Lipinski definition) is 1. The van der Waals surface area contributed by atoms with Crippen LogP contribution in [0.15, 0.2) is 24.3 Å². The van der Waals surface area contributed by atoms with E-state index in [9.17, 15) is 4.79 Å². The second kappa shape index (κ2) is 9.18. The first-order valence-corrected chi connectivity index (χ1v) is 10.8. The van der Waals surface area contributed by atoms with Gasteiger partial charge in [-0.2, -0.15) is 0 Å². The second-order valence-corrected chi connectivity index (χ2v) is 8.22. The zero-order valence-electron chi connectivity index (χ0n) is 16.4. The van der Waals surface area contributed by atoms with E-state index in [1.54, 1.807) is 0 Å². The summed E-state index contributed by atoms with van der Waals surface area (Å²) in [7, 11) is 0. The predicted molar refractivity (Wildman–Crippen MR) is 108 cm³/mol. The Bertz CT molecular complexity index is 622. The standard InChI is InChI=1S/C22H33N3O2/c26-22-17-21(19-9-4-5-10-20(19)23-22)27-16-6-11-24-12-14-25(15-13-24)18-7-2-1-3-8-18/h4-5,9-10,18,21H,1-3,6-8,11-17H2,(H,23,26). The van der Waals surface area contributed by atoms with E-state index in [1.165, 1.54) is 58.3 Å². The molecule has 0 bridgehead atoms. The maximum atomic E-state index is 11.9. The summed E-state index contributed by atoms with van der Waals surface area (Å²) in [5, 5.41) is 2.93. The molecule has 5 heteroatoms. The molecule has 5 nitrogen and oxygen atoms in total. The summed E-state index contributed by atoms with van der Waals surface area (Å²) in [6, 6.07) is 8.83. The lowest BCUT2D eigenvalue weighted by molar-refractivity contribution is -0.119. The molecular formula is C22H33N3O2. The first-order valence-electron chi connectivity index (χ1n) is 10.8. The van der Waals surface area contributed by atoms with Gasteiger partial charge in [-0.15, -0.1) is 0 Å². The van der Waals surface area contributed by atoms with E-state index in [1.807, 2.05) is 18.2 Å². The van der Waals surface area contributed by atoms with Gasteiger partial charge in [-0.1, -0.05) is 37.5 Å². The second-order valence-electron chi connectivity index (χ2n) is 8.22. The molecule has 1 atom stereocenters. The minimum Gasteiger partial charge on any atom is -0.373 e. The van der Waals surface area contributed by atoms with E-state index in [4.69, 9.17) is 4.74 Å². The van der Waals surface area contributed by atoms with Crippen LogP contribution in [-0.4, -0.2) is 61.1 Å². The van der Waals surface area contributed by atoms with Crippen LogP contribution in [0.5, 0.6) is 0 Å². The van der Waals surface area contributed by atoms with Gasteiger partial charge in [0.05, 0.1) is 12.5 Å². The van der Waals surface area contributed by atoms with Crippen molar-refractivity contribution in [1.82, 2.24) is 9.80 Å². The van der Waals surface area contributed by atoms with Gasteiger partial charge >= 0.3 is 0 Å². The summed E-state index contributed by atoms with van der Waals surface area (Å²) < 4.78 is 6.09.